The van der Waals surface area contributed by atoms with E-state index in [4.69, 9.17) is 4.74 Å². The van der Waals surface area contributed by atoms with Crippen LogP contribution in [0.5, 0.6) is 0 Å². The third-order valence-electron chi connectivity index (χ3n) is 13.5. The number of allylic oxidation sites excluding steroid dienone is 1. The molecule has 4 aliphatic carbocycles. The van der Waals surface area contributed by atoms with Crippen molar-refractivity contribution < 1.29 is 11.0 Å². The van der Waals surface area contributed by atoms with Gasteiger partial charge in [-0.05, 0) is 104 Å². The van der Waals surface area contributed by atoms with Crippen molar-refractivity contribution in [3.63, 3.8) is 0 Å². The van der Waals surface area contributed by atoms with E-state index in [9.17, 15) is 4.79 Å². The van der Waals surface area contributed by atoms with Crippen LogP contribution in [0.3, 0.4) is 0 Å². The Morgan fingerprint density at radius 2 is 1.69 bits per heavy atom. The molecule has 42 heavy (non-hydrogen) atoms. The zero-order valence-electron chi connectivity index (χ0n) is 28.9. The number of alkyl carbamates (subject to hydrolysis) is 1. The minimum Gasteiger partial charge on any atom is -0.446 e. The zero-order valence-corrected chi connectivity index (χ0v) is 28.9. The van der Waals surface area contributed by atoms with Gasteiger partial charge in [0.15, 0.2) is 0 Å². The van der Waals surface area contributed by atoms with E-state index in [2.05, 4.69) is 59.9 Å². The lowest BCUT2D eigenvalue weighted by atomic mass is 9.47. The molecule has 3 heteroatoms. The van der Waals surface area contributed by atoms with Gasteiger partial charge in [-0.1, -0.05) is 118 Å². The number of nitrogens with one attached hydrogen (secondary N) is 1. The molecule has 0 aromatic heterocycles. The van der Waals surface area contributed by atoms with Crippen molar-refractivity contribution in [2.75, 3.05) is 6.54 Å². The van der Waals surface area contributed by atoms with Crippen LogP contribution in [-0.2, 0) is 4.74 Å². The molecule has 0 saturated heterocycles. The summed E-state index contributed by atoms with van der Waals surface area (Å²) in [4.78, 5) is 12.6. The van der Waals surface area contributed by atoms with Gasteiger partial charge in [0.1, 0.15) is 6.10 Å². The summed E-state index contributed by atoms with van der Waals surface area (Å²) >= 11 is 0. The van der Waals surface area contributed by atoms with Crippen LogP contribution in [0, 0.1) is 52.3 Å². The highest BCUT2D eigenvalue weighted by Gasteiger charge is 2.59. The fourth-order valence-electron chi connectivity index (χ4n) is 10.7. The summed E-state index contributed by atoms with van der Waals surface area (Å²) in [5.41, 5.74) is 2.48. The molecule has 5 unspecified atom stereocenters. The smallest absolute Gasteiger partial charge is 0.407 e. The first-order chi connectivity index (χ1) is 20.1. The first-order valence-corrected chi connectivity index (χ1v) is 18.8. The van der Waals surface area contributed by atoms with Crippen molar-refractivity contribution in [1.29, 1.82) is 0 Å². The molecule has 244 valence electrons. The highest BCUT2D eigenvalue weighted by Crippen LogP contribution is 2.67. The van der Waals surface area contributed by atoms with Crippen molar-refractivity contribution in [3.8, 4) is 0 Å². The van der Waals surface area contributed by atoms with E-state index in [0.717, 1.165) is 67.2 Å². The van der Waals surface area contributed by atoms with E-state index < -0.39 is 0 Å². The molecule has 0 radical (unpaired) electrons. The predicted molar refractivity (Wildman–Crippen MR) is 181 cm³/mol. The van der Waals surface area contributed by atoms with Gasteiger partial charge in [0.05, 0.1) is 0 Å². The van der Waals surface area contributed by atoms with Crippen LogP contribution in [0.25, 0.3) is 0 Å². The second-order valence-corrected chi connectivity index (χ2v) is 16.4. The van der Waals surface area contributed by atoms with Gasteiger partial charge in [-0.2, -0.15) is 0 Å². The Bertz CT molecular complexity index is 882. The number of hydrogen-bond donors (Lipinski definition) is 1. The lowest BCUT2D eigenvalue weighted by molar-refractivity contribution is -0.0581. The molecule has 4 aliphatic rings. The van der Waals surface area contributed by atoms with Crippen LogP contribution >= 0.6 is 0 Å². The Balaban J connectivity index is 0.00000506. The van der Waals surface area contributed by atoms with E-state index in [1.807, 2.05) is 0 Å². The third-order valence-corrected chi connectivity index (χ3v) is 13.5. The number of amides is 1. The Morgan fingerprint density at radius 3 is 2.43 bits per heavy atom. The number of carbonyl (C=O) groups excluding carboxylic acids is 1. The summed E-state index contributed by atoms with van der Waals surface area (Å²) in [6.07, 6.45) is 25.8. The molecule has 0 spiro atoms. The van der Waals surface area contributed by atoms with E-state index in [1.54, 1.807) is 5.57 Å². The minimum atomic E-state index is -0.192. The largest absolute Gasteiger partial charge is 0.446 e. The monoisotopic (exact) mass is 586 g/mol. The fourth-order valence-corrected chi connectivity index (χ4v) is 10.7. The Labute approximate surface area is 262 Å². The maximum atomic E-state index is 12.6. The van der Waals surface area contributed by atoms with E-state index in [1.165, 1.54) is 96.3 Å². The molecule has 3 saturated carbocycles. The molecule has 1 amide bonds. The minimum absolute atomic E-state index is 0. The fraction of sp³-hybridized carbons (Fsp3) is 0.923. The van der Waals surface area contributed by atoms with Gasteiger partial charge in [-0.3, -0.25) is 0 Å². The van der Waals surface area contributed by atoms with E-state index in [0.29, 0.717) is 10.8 Å². The number of carbonyl (C=O) groups is 1. The second-order valence-electron chi connectivity index (χ2n) is 16.4. The predicted octanol–water partition coefficient (Wildman–Crippen LogP) is 11.8. The quantitative estimate of drug-likeness (QED) is 0.153. The lowest BCUT2D eigenvalue weighted by Crippen LogP contribution is -2.51. The number of fused-ring (bicyclic) bond motifs is 5. The summed E-state index contributed by atoms with van der Waals surface area (Å²) in [6.45, 7) is 18.0. The SMILES string of the molecule is CCC(CC)CCCCCCNC(=O)O[C@H]1CCC2(C)C(=CCC3C2CC[C@@]2(C)C3CCC2[C@H](C)CCCC(C)C)C1.[HH]. The first kappa shape index (κ1) is 33.9. The topological polar surface area (TPSA) is 38.3 Å². The number of ether oxygens (including phenoxy) is 1. The maximum Gasteiger partial charge on any atom is 0.407 e. The van der Waals surface area contributed by atoms with Gasteiger partial charge in [0.2, 0.25) is 0 Å². The normalized spacial score (nSPS) is 34.9. The van der Waals surface area contributed by atoms with Gasteiger partial charge >= 0.3 is 6.09 Å². The lowest BCUT2D eigenvalue weighted by Gasteiger charge is -2.58. The van der Waals surface area contributed by atoms with Crippen molar-refractivity contribution in [1.82, 2.24) is 5.32 Å². The molecule has 0 heterocycles. The second kappa shape index (κ2) is 15.3. The van der Waals surface area contributed by atoms with Crippen molar-refractivity contribution in [2.24, 2.45) is 52.3 Å². The highest BCUT2D eigenvalue weighted by atomic mass is 16.6. The molecule has 0 aromatic rings. The molecule has 8 atom stereocenters. The standard InChI is InChI=1S/C39H69NO2.H2/c1-8-30(9-2)17-12-10-11-13-26-40-37(41)42-32-22-24-38(6)31(27-32)18-19-33-35-21-20-34(29(5)16-14-15-28(3)4)39(35,7)25-23-36(33)38;/h18,28-30,32-36H,8-17,19-27H2,1-7H3,(H,40,41);1H/t29-,32+,33?,34?,35?,36?,38?,39-;/m1./s1. The van der Waals surface area contributed by atoms with Crippen LogP contribution < -0.4 is 5.32 Å². The molecular formula is C39H71NO2. The summed E-state index contributed by atoms with van der Waals surface area (Å²) in [7, 11) is 0. The number of hydrogen-bond acceptors (Lipinski definition) is 2. The Morgan fingerprint density at radius 1 is 0.929 bits per heavy atom. The number of unbranched alkanes of at least 4 members (excludes halogenated alkanes) is 3. The first-order valence-electron chi connectivity index (χ1n) is 18.8. The van der Waals surface area contributed by atoms with Gasteiger partial charge in [-0.25, -0.2) is 4.79 Å². The van der Waals surface area contributed by atoms with Crippen LogP contribution in [-0.4, -0.2) is 18.7 Å². The zero-order chi connectivity index (χ0) is 30.3. The molecule has 0 bridgehead atoms. The average molecular weight is 586 g/mol. The molecule has 4 rings (SSSR count). The van der Waals surface area contributed by atoms with E-state index in [-0.39, 0.29) is 13.6 Å². The van der Waals surface area contributed by atoms with Gasteiger partial charge in [0, 0.05) is 14.4 Å². The molecule has 0 aliphatic heterocycles. The third kappa shape index (κ3) is 7.80. The molecular weight excluding hydrogens is 514 g/mol. The van der Waals surface area contributed by atoms with Crippen molar-refractivity contribution >= 4 is 6.09 Å². The van der Waals surface area contributed by atoms with Crippen LogP contribution in [0.15, 0.2) is 11.6 Å². The van der Waals surface area contributed by atoms with E-state index >= 15 is 0 Å². The summed E-state index contributed by atoms with van der Waals surface area (Å²) < 4.78 is 5.99. The van der Waals surface area contributed by atoms with Crippen LogP contribution in [0.1, 0.15) is 165 Å². The molecule has 1 N–H and O–H groups in total. The average Bonchev–Trinajstić information content (AvgIpc) is 3.32. The Hall–Kier alpha value is -0.990. The summed E-state index contributed by atoms with van der Waals surface area (Å²) in [6, 6.07) is 0. The molecule has 3 fully saturated rings. The number of rotatable bonds is 15. The van der Waals surface area contributed by atoms with Gasteiger partial charge in [0.25, 0.3) is 0 Å². The van der Waals surface area contributed by atoms with Crippen molar-refractivity contribution in [2.45, 2.75) is 170 Å². The Kier molecular flexibility index (Phi) is 12.4. The van der Waals surface area contributed by atoms with Gasteiger partial charge < -0.3 is 10.1 Å². The summed E-state index contributed by atoms with van der Waals surface area (Å²) in [5, 5.41) is 3.06. The van der Waals surface area contributed by atoms with Crippen LogP contribution in [0.4, 0.5) is 4.79 Å². The molecule has 0 aromatic carbocycles. The maximum absolute atomic E-state index is 12.6. The summed E-state index contributed by atoms with van der Waals surface area (Å²) in [5.74, 6) is 6.12. The highest BCUT2D eigenvalue weighted by molar-refractivity contribution is 5.67. The van der Waals surface area contributed by atoms with Crippen molar-refractivity contribution in [3.05, 3.63) is 11.6 Å². The van der Waals surface area contributed by atoms with Crippen LogP contribution in [0.2, 0.25) is 0 Å². The van der Waals surface area contributed by atoms with Gasteiger partial charge in [-0.15, -0.1) is 0 Å². The molecule has 3 nitrogen and oxygen atoms in total.